The van der Waals surface area contributed by atoms with Crippen LogP contribution in [0.5, 0.6) is 0 Å². The molecule has 1 N–H and O–H groups in total. The van der Waals surface area contributed by atoms with Gasteiger partial charge in [-0.15, -0.1) is 11.3 Å². The van der Waals surface area contributed by atoms with Crippen molar-refractivity contribution in [1.29, 1.82) is 0 Å². The molecule has 1 aromatic carbocycles. The minimum atomic E-state index is -0.234. The highest BCUT2D eigenvalue weighted by Crippen LogP contribution is 2.25. The van der Waals surface area contributed by atoms with Gasteiger partial charge in [-0.1, -0.05) is 35.5 Å². The van der Waals surface area contributed by atoms with Crippen LogP contribution in [0.4, 0.5) is 0 Å². The van der Waals surface area contributed by atoms with Crippen LogP contribution in [0.25, 0.3) is 10.6 Å². The highest BCUT2D eigenvalue weighted by molar-refractivity contribution is 7.13. The van der Waals surface area contributed by atoms with Crippen molar-refractivity contribution in [2.24, 2.45) is 0 Å². The molecule has 3 aromatic rings. The van der Waals surface area contributed by atoms with Crippen LogP contribution in [0.3, 0.4) is 0 Å². The number of nitrogens with one attached hydrogen (secondary N) is 1. The Kier molecular flexibility index (Phi) is 5.62. The fraction of sp³-hybridized carbons (Fsp3) is 0.300. The molecule has 2 aromatic heterocycles. The Balaban J connectivity index is 1.39. The summed E-state index contributed by atoms with van der Waals surface area (Å²) in [6, 6.07) is 13.8. The zero-order valence-electron chi connectivity index (χ0n) is 14.9. The van der Waals surface area contributed by atoms with E-state index in [2.05, 4.69) is 27.5 Å². The third kappa shape index (κ3) is 4.44. The SMILES string of the molecule is O=C(NCc1ccccc1CN1CCOCC1)c1cc(-c2cccs2)on1. The Morgan fingerprint density at radius 2 is 1.96 bits per heavy atom. The lowest BCUT2D eigenvalue weighted by Crippen LogP contribution is -2.36. The van der Waals surface area contributed by atoms with E-state index < -0.39 is 0 Å². The summed E-state index contributed by atoms with van der Waals surface area (Å²) in [6.45, 7) is 4.74. The lowest BCUT2D eigenvalue weighted by atomic mass is 10.1. The lowest BCUT2D eigenvalue weighted by Gasteiger charge is -2.27. The van der Waals surface area contributed by atoms with Crippen LogP contribution in [-0.4, -0.2) is 42.3 Å². The van der Waals surface area contributed by atoms with Crippen molar-refractivity contribution in [3.05, 3.63) is 64.7 Å². The van der Waals surface area contributed by atoms with Crippen molar-refractivity contribution in [2.45, 2.75) is 13.1 Å². The van der Waals surface area contributed by atoms with Crippen molar-refractivity contribution in [3.8, 4) is 10.6 Å². The quantitative estimate of drug-likeness (QED) is 0.708. The topological polar surface area (TPSA) is 67.6 Å². The second-order valence-corrected chi connectivity index (χ2v) is 7.34. The monoisotopic (exact) mass is 383 g/mol. The molecule has 0 atom stereocenters. The second-order valence-electron chi connectivity index (χ2n) is 6.39. The van der Waals surface area contributed by atoms with Gasteiger partial charge in [0.15, 0.2) is 11.5 Å². The average Bonchev–Trinajstić information content (AvgIpc) is 3.39. The Bertz CT molecular complexity index is 886. The van der Waals surface area contributed by atoms with E-state index in [9.17, 15) is 4.79 Å². The van der Waals surface area contributed by atoms with Gasteiger partial charge in [0.1, 0.15) is 0 Å². The Morgan fingerprint density at radius 1 is 1.15 bits per heavy atom. The van der Waals surface area contributed by atoms with Gasteiger partial charge in [-0.2, -0.15) is 0 Å². The van der Waals surface area contributed by atoms with Crippen LogP contribution >= 0.6 is 11.3 Å². The largest absolute Gasteiger partial charge is 0.379 e. The van der Waals surface area contributed by atoms with Crippen LogP contribution in [0, 0.1) is 0 Å². The molecule has 1 saturated heterocycles. The summed E-state index contributed by atoms with van der Waals surface area (Å²) < 4.78 is 10.7. The van der Waals surface area contributed by atoms with Gasteiger partial charge in [-0.05, 0) is 22.6 Å². The summed E-state index contributed by atoms with van der Waals surface area (Å²) in [7, 11) is 0. The van der Waals surface area contributed by atoms with E-state index in [4.69, 9.17) is 9.26 Å². The van der Waals surface area contributed by atoms with E-state index in [0.29, 0.717) is 18.0 Å². The third-order valence-corrected chi connectivity index (χ3v) is 5.45. The average molecular weight is 383 g/mol. The van der Waals surface area contributed by atoms with Crippen LogP contribution in [0.1, 0.15) is 21.6 Å². The number of ether oxygens (including phenoxy) is 1. The van der Waals surface area contributed by atoms with E-state index >= 15 is 0 Å². The van der Waals surface area contributed by atoms with Crippen molar-refractivity contribution in [3.63, 3.8) is 0 Å². The van der Waals surface area contributed by atoms with Gasteiger partial charge in [0.05, 0.1) is 18.1 Å². The predicted octanol–water partition coefficient (Wildman–Crippen LogP) is 3.17. The molecular weight excluding hydrogens is 362 g/mol. The lowest BCUT2D eigenvalue weighted by molar-refractivity contribution is 0.0340. The zero-order chi connectivity index (χ0) is 18.5. The smallest absolute Gasteiger partial charge is 0.273 e. The van der Waals surface area contributed by atoms with Crippen molar-refractivity contribution >= 4 is 17.2 Å². The predicted molar refractivity (Wildman–Crippen MR) is 104 cm³/mol. The van der Waals surface area contributed by atoms with E-state index in [-0.39, 0.29) is 5.91 Å². The molecular formula is C20H21N3O3S. The number of morpholine rings is 1. The van der Waals surface area contributed by atoms with Gasteiger partial charge in [0.25, 0.3) is 5.91 Å². The Hall–Kier alpha value is -2.48. The zero-order valence-corrected chi connectivity index (χ0v) is 15.7. The highest BCUT2D eigenvalue weighted by Gasteiger charge is 2.16. The molecule has 7 heteroatoms. The number of rotatable bonds is 6. The maximum Gasteiger partial charge on any atom is 0.273 e. The molecule has 0 spiro atoms. The molecule has 0 bridgehead atoms. The van der Waals surface area contributed by atoms with Crippen LogP contribution < -0.4 is 5.32 Å². The fourth-order valence-corrected chi connectivity index (χ4v) is 3.74. The maximum atomic E-state index is 12.4. The van der Waals surface area contributed by atoms with Gasteiger partial charge in [-0.3, -0.25) is 9.69 Å². The van der Waals surface area contributed by atoms with E-state index in [0.717, 1.165) is 43.3 Å². The van der Waals surface area contributed by atoms with Gasteiger partial charge < -0.3 is 14.6 Å². The molecule has 6 nitrogen and oxygen atoms in total. The highest BCUT2D eigenvalue weighted by atomic mass is 32.1. The molecule has 1 aliphatic rings. The maximum absolute atomic E-state index is 12.4. The third-order valence-electron chi connectivity index (χ3n) is 4.56. The molecule has 3 heterocycles. The number of nitrogens with zero attached hydrogens (tertiary/aromatic N) is 2. The molecule has 1 aliphatic heterocycles. The Morgan fingerprint density at radius 3 is 2.74 bits per heavy atom. The summed E-state index contributed by atoms with van der Waals surface area (Å²) in [5.74, 6) is 0.380. The van der Waals surface area contributed by atoms with Gasteiger partial charge in [0.2, 0.25) is 0 Å². The number of aromatic nitrogens is 1. The number of hydrogen-bond acceptors (Lipinski definition) is 6. The van der Waals surface area contributed by atoms with Crippen molar-refractivity contribution in [1.82, 2.24) is 15.4 Å². The van der Waals surface area contributed by atoms with Gasteiger partial charge >= 0.3 is 0 Å². The van der Waals surface area contributed by atoms with Crippen molar-refractivity contribution in [2.75, 3.05) is 26.3 Å². The first-order valence-electron chi connectivity index (χ1n) is 8.95. The minimum absolute atomic E-state index is 0.234. The standard InChI is InChI=1S/C20H21N3O3S/c24-20(17-12-18(26-22-17)19-6-3-11-27-19)21-13-15-4-1-2-5-16(15)14-23-7-9-25-10-8-23/h1-6,11-12H,7-10,13-14H2,(H,21,24). The molecule has 0 aliphatic carbocycles. The van der Waals surface area contributed by atoms with E-state index in [1.54, 1.807) is 17.4 Å². The summed E-state index contributed by atoms with van der Waals surface area (Å²) in [4.78, 5) is 15.8. The van der Waals surface area contributed by atoms with Crippen LogP contribution in [0.2, 0.25) is 0 Å². The number of benzene rings is 1. The second kappa shape index (κ2) is 8.47. The van der Waals surface area contributed by atoms with Crippen molar-refractivity contribution < 1.29 is 14.1 Å². The first-order valence-corrected chi connectivity index (χ1v) is 9.83. The number of hydrogen-bond donors (Lipinski definition) is 1. The molecule has 1 amide bonds. The molecule has 27 heavy (non-hydrogen) atoms. The number of amides is 1. The molecule has 140 valence electrons. The first kappa shape index (κ1) is 17.9. The van der Waals surface area contributed by atoms with E-state index in [1.807, 2.05) is 29.6 Å². The molecule has 0 unspecified atom stereocenters. The molecule has 1 fully saturated rings. The Labute approximate surface area is 161 Å². The van der Waals surface area contributed by atoms with Crippen LogP contribution in [-0.2, 0) is 17.8 Å². The normalized spacial score (nSPS) is 15.0. The minimum Gasteiger partial charge on any atom is -0.379 e. The molecule has 4 rings (SSSR count). The summed E-state index contributed by atoms with van der Waals surface area (Å²) in [6.07, 6.45) is 0. The fourth-order valence-electron chi connectivity index (χ4n) is 3.07. The summed E-state index contributed by atoms with van der Waals surface area (Å²) in [5.41, 5.74) is 2.63. The number of carbonyl (C=O) groups excluding carboxylic acids is 1. The van der Waals surface area contributed by atoms with Crippen LogP contribution in [0.15, 0.2) is 52.4 Å². The number of carbonyl (C=O) groups is 1. The molecule has 0 radical (unpaired) electrons. The van der Waals surface area contributed by atoms with Gasteiger partial charge in [0, 0.05) is 32.2 Å². The number of thiophene rings is 1. The van der Waals surface area contributed by atoms with Gasteiger partial charge in [-0.25, -0.2) is 0 Å². The molecule has 0 saturated carbocycles. The van der Waals surface area contributed by atoms with E-state index in [1.165, 1.54) is 5.56 Å². The summed E-state index contributed by atoms with van der Waals surface area (Å²) >= 11 is 1.55. The summed E-state index contributed by atoms with van der Waals surface area (Å²) in [5, 5.41) is 8.81. The first-order chi connectivity index (χ1) is 13.3.